The Morgan fingerprint density at radius 2 is 0.659 bits per heavy atom. The van der Waals surface area contributed by atoms with Crippen molar-refractivity contribution in [3.63, 3.8) is 0 Å². The lowest BCUT2D eigenvalue weighted by atomic mass is 10.0. The van der Waals surface area contributed by atoms with Gasteiger partial charge in [-0.3, -0.25) is 4.79 Å². The Kier molecular flexibility index (Phi) is 40.0. The van der Waals surface area contributed by atoms with Crippen LogP contribution in [0.4, 0.5) is 0 Å². The van der Waals surface area contributed by atoms with Crippen molar-refractivity contribution in [3.8, 4) is 0 Å². The van der Waals surface area contributed by atoms with Gasteiger partial charge in [0.05, 0.1) is 92.5 Å². The highest BCUT2D eigenvalue weighted by Gasteiger charge is 2.03. The molecule has 0 saturated heterocycles. The summed E-state index contributed by atoms with van der Waals surface area (Å²) in [7, 11) is 0. The van der Waals surface area contributed by atoms with E-state index in [1.54, 1.807) is 0 Å². The van der Waals surface area contributed by atoms with Crippen molar-refractivity contribution in [1.29, 1.82) is 0 Å². The number of unbranched alkanes of at least 4 members (excludes halogenated alkanes) is 14. The van der Waals surface area contributed by atoms with Crippen LogP contribution in [-0.4, -0.2) is 111 Å². The maximum atomic E-state index is 11.9. The highest BCUT2D eigenvalue weighted by atomic mass is 35.5. The monoisotopic (exact) mass is 654 g/mol. The molecule has 0 spiro atoms. The molecule has 0 atom stereocenters. The van der Waals surface area contributed by atoms with Crippen LogP contribution >= 0.6 is 11.6 Å². The van der Waals surface area contributed by atoms with E-state index in [0.29, 0.717) is 111 Å². The summed E-state index contributed by atoms with van der Waals surface area (Å²) in [5, 5.41) is 0. The van der Waals surface area contributed by atoms with Crippen LogP contribution in [0.3, 0.4) is 0 Å². The first kappa shape index (κ1) is 43.5. The van der Waals surface area contributed by atoms with Crippen molar-refractivity contribution in [2.24, 2.45) is 0 Å². The smallest absolute Gasteiger partial charge is 0.305 e. The van der Waals surface area contributed by atoms with Gasteiger partial charge in [-0.2, -0.15) is 0 Å². The Balaban J connectivity index is 3.13. The maximum absolute atomic E-state index is 11.9. The zero-order valence-electron chi connectivity index (χ0n) is 28.2. The second-order valence-corrected chi connectivity index (χ2v) is 11.3. The van der Waals surface area contributed by atoms with Crippen LogP contribution in [0.25, 0.3) is 0 Å². The first-order chi connectivity index (χ1) is 21.8. The summed E-state index contributed by atoms with van der Waals surface area (Å²) in [6, 6.07) is 0. The predicted molar refractivity (Wildman–Crippen MR) is 177 cm³/mol. The van der Waals surface area contributed by atoms with Crippen molar-refractivity contribution >= 4 is 17.6 Å². The molecular weight excluding hydrogens is 588 g/mol. The molecule has 0 aliphatic heterocycles. The minimum Gasteiger partial charge on any atom is -0.463 e. The molecule has 9 nitrogen and oxygen atoms in total. The van der Waals surface area contributed by atoms with E-state index < -0.39 is 0 Å². The second-order valence-electron chi connectivity index (χ2n) is 10.9. The van der Waals surface area contributed by atoms with Gasteiger partial charge in [0.1, 0.15) is 6.61 Å². The topological polar surface area (TPSA) is 90.9 Å². The maximum Gasteiger partial charge on any atom is 0.305 e. The Hall–Kier alpha value is -0.520. The van der Waals surface area contributed by atoms with E-state index >= 15 is 0 Å². The van der Waals surface area contributed by atoms with Gasteiger partial charge in [0.15, 0.2) is 0 Å². The molecule has 0 N–H and O–H groups in total. The molecule has 0 aromatic carbocycles. The Bertz CT molecular complexity index is 543. The molecule has 0 amide bonds. The molecule has 0 aromatic heterocycles. The summed E-state index contributed by atoms with van der Waals surface area (Å²) in [6.45, 7) is 9.67. The van der Waals surface area contributed by atoms with E-state index in [4.69, 9.17) is 49.5 Å². The van der Waals surface area contributed by atoms with Crippen LogP contribution in [0, 0.1) is 0 Å². The van der Waals surface area contributed by atoms with Gasteiger partial charge in [-0.1, -0.05) is 96.8 Å². The highest BCUT2D eigenvalue weighted by molar-refractivity contribution is 6.17. The van der Waals surface area contributed by atoms with Gasteiger partial charge < -0.3 is 37.9 Å². The summed E-state index contributed by atoms with van der Waals surface area (Å²) >= 11 is 5.51. The summed E-state index contributed by atoms with van der Waals surface area (Å²) in [5.41, 5.74) is 0. The Morgan fingerprint density at radius 3 is 0.977 bits per heavy atom. The molecule has 264 valence electrons. The number of esters is 1. The van der Waals surface area contributed by atoms with Gasteiger partial charge in [-0.25, -0.2) is 0 Å². The minimum absolute atomic E-state index is 0.126. The molecule has 0 saturated carbocycles. The van der Waals surface area contributed by atoms with Crippen molar-refractivity contribution in [2.45, 2.75) is 110 Å². The number of carbonyl (C=O) groups excluding carboxylic acids is 1. The van der Waals surface area contributed by atoms with Crippen molar-refractivity contribution in [3.05, 3.63) is 0 Å². The molecule has 0 aliphatic rings. The first-order valence-electron chi connectivity index (χ1n) is 17.6. The molecular formula is C34H67ClO9. The molecule has 0 bridgehead atoms. The minimum atomic E-state index is -0.126. The fraction of sp³-hybridized carbons (Fsp3) is 0.971. The van der Waals surface area contributed by atoms with Gasteiger partial charge in [0.2, 0.25) is 0 Å². The first-order valence-corrected chi connectivity index (χ1v) is 18.1. The normalized spacial score (nSPS) is 11.4. The van der Waals surface area contributed by atoms with Gasteiger partial charge >= 0.3 is 5.97 Å². The molecule has 0 aliphatic carbocycles. The standard InChI is InChI=1S/C34H67ClO9/c1-2-3-4-5-6-7-8-9-10-11-12-13-14-15-16-17-34(36)44-33-32-43-31-30-42-29-28-41-27-26-40-25-24-39-23-22-38-21-20-37-19-18-35/h2-33H2,1H3. The van der Waals surface area contributed by atoms with Crippen molar-refractivity contribution in [2.75, 3.05) is 105 Å². The van der Waals surface area contributed by atoms with Crippen LogP contribution in [-0.2, 0) is 42.7 Å². The second kappa shape index (κ2) is 40.5. The molecule has 0 radical (unpaired) electrons. The van der Waals surface area contributed by atoms with Gasteiger partial charge in [-0.05, 0) is 6.42 Å². The number of rotatable bonds is 39. The lowest BCUT2D eigenvalue weighted by molar-refractivity contribution is -0.145. The summed E-state index contributed by atoms with van der Waals surface area (Å²) < 4.78 is 43.1. The average Bonchev–Trinajstić information content (AvgIpc) is 3.03. The van der Waals surface area contributed by atoms with E-state index in [0.717, 1.165) is 12.8 Å². The van der Waals surface area contributed by atoms with Crippen LogP contribution in [0.2, 0.25) is 0 Å². The van der Waals surface area contributed by atoms with E-state index in [-0.39, 0.29) is 5.97 Å². The van der Waals surface area contributed by atoms with Crippen molar-refractivity contribution in [1.82, 2.24) is 0 Å². The van der Waals surface area contributed by atoms with E-state index in [1.807, 2.05) is 0 Å². The van der Waals surface area contributed by atoms with Crippen LogP contribution in [0.5, 0.6) is 0 Å². The summed E-state index contributed by atoms with van der Waals surface area (Å²) in [6.07, 6.45) is 20.3. The molecule has 0 unspecified atom stereocenters. The van der Waals surface area contributed by atoms with Crippen molar-refractivity contribution < 1.29 is 42.7 Å². The Labute approximate surface area is 274 Å². The molecule has 0 rings (SSSR count). The number of carbonyl (C=O) groups is 1. The van der Waals surface area contributed by atoms with Gasteiger partial charge in [0.25, 0.3) is 0 Å². The fourth-order valence-electron chi connectivity index (χ4n) is 4.40. The summed E-state index contributed by atoms with van der Waals surface area (Å²) in [5.74, 6) is 0.373. The third-order valence-electron chi connectivity index (χ3n) is 6.93. The van der Waals surface area contributed by atoms with Crippen LogP contribution in [0.1, 0.15) is 110 Å². The number of halogens is 1. The predicted octanol–water partition coefficient (Wildman–Crippen LogP) is 7.15. The van der Waals surface area contributed by atoms with Gasteiger partial charge in [-0.15, -0.1) is 11.6 Å². The summed E-state index contributed by atoms with van der Waals surface area (Å²) in [4.78, 5) is 11.9. The Morgan fingerprint density at radius 1 is 0.386 bits per heavy atom. The van der Waals surface area contributed by atoms with E-state index in [2.05, 4.69) is 6.92 Å². The lowest BCUT2D eigenvalue weighted by Gasteiger charge is -2.08. The average molecular weight is 655 g/mol. The molecule has 0 fully saturated rings. The highest BCUT2D eigenvalue weighted by Crippen LogP contribution is 2.13. The quantitative estimate of drug-likeness (QED) is 0.0389. The van der Waals surface area contributed by atoms with Crippen LogP contribution < -0.4 is 0 Å². The number of alkyl halides is 1. The van der Waals surface area contributed by atoms with Gasteiger partial charge in [0, 0.05) is 12.3 Å². The van der Waals surface area contributed by atoms with E-state index in [1.165, 1.54) is 83.5 Å². The zero-order valence-corrected chi connectivity index (χ0v) is 28.9. The SMILES string of the molecule is CCCCCCCCCCCCCCCCCC(=O)OCCOCCOCCOCCOCCOCCOCCOCCCl. The third kappa shape index (κ3) is 39.5. The van der Waals surface area contributed by atoms with Crippen LogP contribution in [0.15, 0.2) is 0 Å². The zero-order chi connectivity index (χ0) is 31.9. The number of hydrogen-bond acceptors (Lipinski definition) is 9. The third-order valence-corrected chi connectivity index (χ3v) is 7.08. The largest absolute Gasteiger partial charge is 0.463 e. The molecule has 10 heteroatoms. The fourth-order valence-corrected chi connectivity index (χ4v) is 4.51. The number of hydrogen-bond donors (Lipinski definition) is 0. The van der Waals surface area contributed by atoms with E-state index in [9.17, 15) is 4.79 Å². The molecule has 0 aromatic rings. The molecule has 44 heavy (non-hydrogen) atoms. The number of ether oxygens (including phenoxy) is 8. The lowest BCUT2D eigenvalue weighted by Crippen LogP contribution is -2.15. The molecule has 0 heterocycles.